The van der Waals surface area contributed by atoms with Crippen LogP contribution in [0.25, 0.3) is 22.4 Å². The van der Waals surface area contributed by atoms with Crippen LogP contribution >= 0.6 is 0 Å². The van der Waals surface area contributed by atoms with E-state index in [0.29, 0.717) is 11.6 Å². The van der Waals surface area contributed by atoms with Gasteiger partial charge in [0.15, 0.2) is 0 Å². The molecule has 3 rings (SSSR count). The lowest BCUT2D eigenvalue weighted by atomic mass is 10.0. The molecule has 2 heterocycles. The number of rotatable bonds is 3. The van der Waals surface area contributed by atoms with Crippen molar-refractivity contribution in [2.75, 3.05) is 19.0 Å². The largest absolute Gasteiger partial charge is 0.346 e. The summed E-state index contributed by atoms with van der Waals surface area (Å²) in [5, 5.41) is 4.15. The summed E-state index contributed by atoms with van der Waals surface area (Å²) >= 11 is 0. The van der Waals surface area contributed by atoms with Gasteiger partial charge < -0.3 is 9.42 Å². The molecule has 1 aromatic carbocycles. The van der Waals surface area contributed by atoms with Gasteiger partial charge in [0.2, 0.25) is 5.88 Å². The van der Waals surface area contributed by atoms with Crippen LogP contribution in [0.5, 0.6) is 0 Å². The van der Waals surface area contributed by atoms with Gasteiger partial charge in [-0.3, -0.25) is 4.98 Å². The quantitative estimate of drug-likeness (QED) is 0.736. The Morgan fingerprint density at radius 1 is 0.952 bits per heavy atom. The molecule has 0 atom stereocenters. The number of benzene rings is 1. The zero-order valence-corrected chi connectivity index (χ0v) is 11.7. The predicted molar refractivity (Wildman–Crippen MR) is 79.5 cm³/mol. The topological polar surface area (TPSA) is 42.2 Å². The SMILES string of the molecule is CN(C)c1onc(-c2ccc(F)cc2)c1-c1ccncc1. The highest BCUT2D eigenvalue weighted by molar-refractivity contribution is 5.87. The van der Waals surface area contributed by atoms with E-state index in [2.05, 4.69) is 10.1 Å². The van der Waals surface area contributed by atoms with E-state index in [1.807, 2.05) is 31.1 Å². The molecule has 3 aromatic rings. The molecule has 4 nitrogen and oxygen atoms in total. The average molecular weight is 283 g/mol. The highest BCUT2D eigenvalue weighted by atomic mass is 19.1. The van der Waals surface area contributed by atoms with Gasteiger partial charge in [0.1, 0.15) is 11.5 Å². The molecule has 0 saturated carbocycles. The Labute approximate surface area is 121 Å². The molecule has 0 aliphatic rings. The highest BCUT2D eigenvalue weighted by Crippen LogP contribution is 2.38. The Morgan fingerprint density at radius 2 is 1.62 bits per heavy atom. The minimum Gasteiger partial charge on any atom is -0.346 e. The Kier molecular flexibility index (Phi) is 3.39. The summed E-state index contributed by atoms with van der Waals surface area (Å²) in [5.41, 5.74) is 3.31. The number of hydrogen-bond acceptors (Lipinski definition) is 4. The fraction of sp³-hybridized carbons (Fsp3) is 0.125. The third kappa shape index (κ3) is 2.50. The maximum absolute atomic E-state index is 13.1. The first kappa shape index (κ1) is 13.3. The molecule has 5 heteroatoms. The van der Waals surface area contributed by atoms with Gasteiger partial charge in [-0.1, -0.05) is 5.16 Å². The second-order valence-electron chi connectivity index (χ2n) is 4.85. The highest BCUT2D eigenvalue weighted by Gasteiger charge is 2.20. The van der Waals surface area contributed by atoms with E-state index < -0.39 is 0 Å². The van der Waals surface area contributed by atoms with Crippen molar-refractivity contribution >= 4 is 5.88 Å². The number of halogens is 1. The Morgan fingerprint density at radius 3 is 2.24 bits per heavy atom. The van der Waals surface area contributed by atoms with Crippen molar-refractivity contribution < 1.29 is 8.91 Å². The molecule has 106 valence electrons. The smallest absolute Gasteiger partial charge is 0.235 e. The van der Waals surface area contributed by atoms with Gasteiger partial charge in [-0.25, -0.2) is 4.39 Å². The summed E-state index contributed by atoms with van der Waals surface area (Å²) < 4.78 is 18.6. The molecule has 0 bridgehead atoms. The molecule has 0 aliphatic carbocycles. The molecule has 0 spiro atoms. The summed E-state index contributed by atoms with van der Waals surface area (Å²) in [6, 6.07) is 10.00. The molecular formula is C16H14FN3O. The zero-order valence-electron chi connectivity index (χ0n) is 11.7. The van der Waals surface area contributed by atoms with E-state index in [4.69, 9.17) is 4.52 Å². The van der Waals surface area contributed by atoms with E-state index >= 15 is 0 Å². The summed E-state index contributed by atoms with van der Waals surface area (Å²) in [6.45, 7) is 0. The van der Waals surface area contributed by atoms with Crippen LogP contribution in [-0.2, 0) is 0 Å². The van der Waals surface area contributed by atoms with E-state index in [9.17, 15) is 4.39 Å². The van der Waals surface area contributed by atoms with Gasteiger partial charge in [0.05, 0.1) is 5.56 Å². The van der Waals surface area contributed by atoms with E-state index in [1.54, 1.807) is 24.5 Å². The second-order valence-corrected chi connectivity index (χ2v) is 4.85. The monoisotopic (exact) mass is 283 g/mol. The predicted octanol–water partition coefficient (Wildman–Crippen LogP) is 3.61. The van der Waals surface area contributed by atoms with Crippen LogP contribution < -0.4 is 4.90 Å². The van der Waals surface area contributed by atoms with Gasteiger partial charge >= 0.3 is 0 Å². The van der Waals surface area contributed by atoms with E-state index in [1.165, 1.54) is 12.1 Å². The number of pyridine rings is 1. The van der Waals surface area contributed by atoms with Crippen molar-refractivity contribution in [2.45, 2.75) is 0 Å². The average Bonchev–Trinajstić information content (AvgIpc) is 2.94. The zero-order chi connectivity index (χ0) is 14.8. The fourth-order valence-electron chi connectivity index (χ4n) is 2.17. The molecule has 0 aliphatic heterocycles. The van der Waals surface area contributed by atoms with Crippen LogP contribution in [0.1, 0.15) is 0 Å². The Balaban J connectivity index is 2.20. The molecule has 0 unspecified atom stereocenters. The van der Waals surface area contributed by atoms with Crippen molar-refractivity contribution in [3.8, 4) is 22.4 Å². The summed E-state index contributed by atoms with van der Waals surface area (Å²) in [5.74, 6) is 0.376. The lowest BCUT2D eigenvalue weighted by Crippen LogP contribution is -2.08. The van der Waals surface area contributed by atoms with Gasteiger partial charge in [-0.05, 0) is 42.0 Å². The van der Waals surface area contributed by atoms with Crippen LogP contribution in [0.15, 0.2) is 53.3 Å². The van der Waals surface area contributed by atoms with Crippen LogP contribution in [0, 0.1) is 5.82 Å². The first-order chi connectivity index (χ1) is 10.2. The number of aromatic nitrogens is 2. The van der Waals surface area contributed by atoms with E-state index in [-0.39, 0.29) is 5.82 Å². The molecule has 0 fully saturated rings. The van der Waals surface area contributed by atoms with Crippen molar-refractivity contribution in [3.63, 3.8) is 0 Å². The minimum atomic E-state index is -0.277. The number of anilines is 1. The molecule has 0 radical (unpaired) electrons. The Hall–Kier alpha value is -2.69. The standard InChI is InChI=1S/C16H14FN3O/c1-20(2)16-14(11-7-9-18-10-8-11)15(19-21-16)12-3-5-13(17)6-4-12/h3-10H,1-2H3. The lowest BCUT2D eigenvalue weighted by Gasteiger charge is -2.10. The first-order valence-electron chi connectivity index (χ1n) is 6.50. The summed E-state index contributed by atoms with van der Waals surface area (Å²) in [4.78, 5) is 5.89. The molecule has 0 saturated heterocycles. The second kappa shape index (κ2) is 5.36. The summed E-state index contributed by atoms with van der Waals surface area (Å²) in [6.07, 6.45) is 3.44. The maximum Gasteiger partial charge on any atom is 0.235 e. The molecular weight excluding hydrogens is 269 g/mol. The molecule has 21 heavy (non-hydrogen) atoms. The van der Waals surface area contributed by atoms with Gasteiger partial charge in [-0.15, -0.1) is 0 Å². The van der Waals surface area contributed by atoms with Crippen LogP contribution in [-0.4, -0.2) is 24.2 Å². The number of hydrogen-bond donors (Lipinski definition) is 0. The van der Waals surface area contributed by atoms with Gasteiger partial charge in [0, 0.05) is 32.1 Å². The lowest BCUT2D eigenvalue weighted by molar-refractivity contribution is 0.426. The van der Waals surface area contributed by atoms with Crippen molar-refractivity contribution in [2.24, 2.45) is 0 Å². The summed E-state index contributed by atoms with van der Waals surface area (Å²) in [7, 11) is 3.78. The van der Waals surface area contributed by atoms with Gasteiger partial charge in [0.25, 0.3) is 0 Å². The number of nitrogens with zero attached hydrogens (tertiary/aromatic N) is 3. The molecule has 0 N–H and O–H groups in total. The van der Waals surface area contributed by atoms with Crippen molar-refractivity contribution in [1.29, 1.82) is 0 Å². The third-order valence-electron chi connectivity index (χ3n) is 3.17. The van der Waals surface area contributed by atoms with Crippen LogP contribution in [0.2, 0.25) is 0 Å². The molecule has 2 aromatic heterocycles. The first-order valence-corrected chi connectivity index (χ1v) is 6.50. The van der Waals surface area contributed by atoms with E-state index in [0.717, 1.165) is 16.7 Å². The van der Waals surface area contributed by atoms with Crippen LogP contribution in [0.3, 0.4) is 0 Å². The minimum absolute atomic E-state index is 0.277. The van der Waals surface area contributed by atoms with Gasteiger partial charge in [-0.2, -0.15) is 0 Å². The van der Waals surface area contributed by atoms with Crippen molar-refractivity contribution in [3.05, 3.63) is 54.6 Å². The van der Waals surface area contributed by atoms with Crippen molar-refractivity contribution in [1.82, 2.24) is 10.1 Å². The molecule has 0 amide bonds. The third-order valence-corrected chi connectivity index (χ3v) is 3.17. The fourth-order valence-corrected chi connectivity index (χ4v) is 2.17. The van der Waals surface area contributed by atoms with Crippen LogP contribution in [0.4, 0.5) is 10.3 Å². The maximum atomic E-state index is 13.1. The normalized spacial score (nSPS) is 10.6. The Bertz CT molecular complexity index is 736.